The Kier molecular flexibility index (Phi) is 6.61. The number of rotatable bonds is 7. The van der Waals surface area contributed by atoms with Crippen molar-refractivity contribution in [1.29, 1.82) is 0 Å². The lowest BCUT2D eigenvalue weighted by Gasteiger charge is -2.29. The number of hydrogen-bond donors (Lipinski definition) is 1. The summed E-state index contributed by atoms with van der Waals surface area (Å²) in [5.41, 5.74) is 2.91. The number of nitrogens with zero attached hydrogens (tertiary/aromatic N) is 2. The number of ether oxygens (including phenoxy) is 1. The van der Waals surface area contributed by atoms with Gasteiger partial charge in [0.15, 0.2) is 5.11 Å². The van der Waals surface area contributed by atoms with Crippen molar-refractivity contribution in [2.45, 2.75) is 31.3 Å². The molecule has 6 heteroatoms. The molecule has 0 spiro atoms. The largest absolute Gasteiger partial charge is 0.507 e. The molecule has 4 nitrogen and oxygen atoms in total. The number of halogens is 1. The molecule has 1 N–H and O–H groups in total. The topological polar surface area (TPSA) is 35.9 Å². The number of hydrogen-bond acceptors (Lipinski definition) is 3. The van der Waals surface area contributed by atoms with E-state index in [0.717, 1.165) is 41.2 Å². The highest BCUT2D eigenvalue weighted by atomic mass is 32.1. The van der Waals surface area contributed by atoms with E-state index in [4.69, 9.17) is 17.0 Å². The third kappa shape index (κ3) is 4.41. The Morgan fingerprint density at radius 1 is 1.03 bits per heavy atom. The highest BCUT2D eigenvalue weighted by molar-refractivity contribution is 7.80. The minimum absolute atomic E-state index is 0.0717. The maximum atomic E-state index is 13.2. The second kappa shape index (κ2) is 9.57. The predicted octanol–water partition coefficient (Wildman–Crippen LogP) is 5.71. The van der Waals surface area contributed by atoms with Crippen molar-refractivity contribution < 1.29 is 14.2 Å². The van der Waals surface area contributed by atoms with Crippen molar-refractivity contribution in [3.05, 3.63) is 89.7 Å². The first kappa shape index (κ1) is 22.1. The molecule has 32 heavy (non-hydrogen) atoms. The fourth-order valence-electron chi connectivity index (χ4n) is 4.44. The first-order chi connectivity index (χ1) is 15.5. The molecule has 3 aromatic carbocycles. The van der Waals surface area contributed by atoms with Crippen molar-refractivity contribution >= 4 is 23.0 Å². The summed E-state index contributed by atoms with van der Waals surface area (Å²) in [6, 6.07) is 22.1. The number of methoxy groups -OCH3 is 1. The van der Waals surface area contributed by atoms with Gasteiger partial charge in [-0.25, -0.2) is 4.39 Å². The summed E-state index contributed by atoms with van der Waals surface area (Å²) in [5.74, 6) is 0.583. The number of aryl methyl sites for hydroxylation is 1. The maximum Gasteiger partial charge on any atom is 0.176 e. The van der Waals surface area contributed by atoms with Crippen molar-refractivity contribution in [1.82, 2.24) is 4.90 Å². The number of benzene rings is 3. The molecule has 0 saturated carbocycles. The third-order valence-corrected chi connectivity index (χ3v) is 6.60. The van der Waals surface area contributed by atoms with Crippen LogP contribution in [0.2, 0.25) is 0 Å². The Labute approximate surface area is 193 Å². The Hall–Kier alpha value is -3.12. The molecule has 0 aromatic heterocycles. The molecule has 2 atom stereocenters. The monoisotopic (exact) mass is 450 g/mol. The van der Waals surface area contributed by atoms with Gasteiger partial charge in [0.05, 0.1) is 19.2 Å². The highest BCUT2D eigenvalue weighted by Crippen LogP contribution is 2.44. The summed E-state index contributed by atoms with van der Waals surface area (Å²) in [4.78, 5) is 4.25. The summed E-state index contributed by atoms with van der Waals surface area (Å²) < 4.78 is 18.5. The quantitative estimate of drug-likeness (QED) is 0.467. The van der Waals surface area contributed by atoms with Crippen LogP contribution in [-0.4, -0.2) is 35.3 Å². The van der Waals surface area contributed by atoms with Crippen LogP contribution in [0.3, 0.4) is 0 Å². The fraction of sp³-hybridized carbons (Fsp3) is 0.269. The average Bonchev–Trinajstić information content (AvgIpc) is 3.05. The van der Waals surface area contributed by atoms with E-state index in [1.54, 1.807) is 13.2 Å². The molecule has 1 aliphatic rings. The lowest BCUT2D eigenvalue weighted by atomic mass is 9.93. The Morgan fingerprint density at radius 3 is 2.41 bits per heavy atom. The van der Waals surface area contributed by atoms with Gasteiger partial charge in [-0.05, 0) is 73.4 Å². The Morgan fingerprint density at radius 2 is 1.75 bits per heavy atom. The van der Waals surface area contributed by atoms with Gasteiger partial charge in [-0.2, -0.15) is 0 Å². The van der Waals surface area contributed by atoms with Gasteiger partial charge in [-0.15, -0.1) is 0 Å². The molecule has 1 saturated heterocycles. The molecule has 0 bridgehead atoms. The summed E-state index contributed by atoms with van der Waals surface area (Å²) in [6.45, 7) is 0. The van der Waals surface area contributed by atoms with Gasteiger partial charge in [0.25, 0.3) is 0 Å². The van der Waals surface area contributed by atoms with Crippen LogP contribution in [0, 0.1) is 5.82 Å². The van der Waals surface area contributed by atoms with Gasteiger partial charge in [0.1, 0.15) is 17.3 Å². The summed E-state index contributed by atoms with van der Waals surface area (Å²) in [7, 11) is 3.60. The number of likely N-dealkylation sites (N-methyl/N-ethyl adjacent to an activating group) is 1. The van der Waals surface area contributed by atoms with Gasteiger partial charge >= 0.3 is 0 Å². The van der Waals surface area contributed by atoms with Crippen molar-refractivity contribution in [3.63, 3.8) is 0 Å². The van der Waals surface area contributed by atoms with Crippen molar-refractivity contribution in [3.8, 4) is 11.5 Å². The number of phenolic OH excluding ortho intramolecular Hbond substituents is 1. The van der Waals surface area contributed by atoms with Crippen LogP contribution in [0.4, 0.5) is 10.1 Å². The van der Waals surface area contributed by atoms with E-state index in [-0.39, 0.29) is 23.7 Å². The molecule has 0 unspecified atom stereocenters. The Balaban J connectivity index is 1.65. The fourth-order valence-corrected chi connectivity index (χ4v) is 4.79. The molecule has 1 aliphatic heterocycles. The van der Waals surface area contributed by atoms with E-state index < -0.39 is 0 Å². The lowest BCUT2D eigenvalue weighted by molar-refractivity contribution is 0.333. The molecule has 0 amide bonds. The maximum absolute atomic E-state index is 13.2. The molecule has 0 aliphatic carbocycles. The van der Waals surface area contributed by atoms with Crippen LogP contribution in [-0.2, 0) is 6.42 Å². The van der Waals surface area contributed by atoms with E-state index in [0.29, 0.717) is 5.75 Å². The van der Waals surface area contributed by atoms with Crippen molar-refractivity contribution in [2.75, 3.05) is 19.1 Å². The number of thiocarbonyl (C=S) groups is 1. The summed E-state index contributed by atoms with van der Waals surface area (Å²) in [5, 5.41) is 11.6. The van der Waals surface area contributed by atoms with E-state index in [9.17, 15) is 9.50 Å². The van der Waals surface area contributed by atoms with E-state index >= 15 is 0 Å². The van der Waals surface area contributed by atoms with Gasteiger partial charge in [-0.1, -0.05) is 30.3 Å². The molecular weight excluding hydrogens is 423 g/mol. The zero-order valence-corrected chi connectivity index (χ0v) is 19.1. The second-order valence-electron chi connectivity index (χ2n) is 8.05. The number of para-hydroxylation sites is 1. The van der Waals surface area contributed by atoms with Crippen LogP contribution in [0.25, 0.3) is 0 Å². The summed E-state index contributed by atoms with van der Waals surface area (Å²) >= 11 is 5.85. The molecular formula is C26H27FN2O2S. The normalized spacial score (nSPS) is 18.3. The lowest BCUT2D eigenvalue weighted by Crippen LogP contribution is -2.30. The number of aromatic hydroxyl groups is 1. The minimum atomic E-state index is -0.219. The number of anilines is 1. The van der Waals surface area contributed by atoms with Gasteiger partial charge in [0.2, 0.25) is 0 Å². The molecule has 4 rings (SSSR count). The summed E-state index contributed by atoms with van der Waals surface area (Å²) in [6.07, 6.45) is 2.64. The Bertz CT molecular complexity index is 1070. The van der Waals surface area contributed by atoms with E-state index in [1.807, 2.05) is 61.6 Å². The van der Waals surface area contributed by atoms with E-state index in [2.05, 4.69) is 9.80 Å². The molecule has 0 radical (unpaired) electrons. The SMILES string of the molecule is COc1ccc([C@@H]2[C@H](CCCc3ccc(F)cc3)N(C)C(=S)N2c2ccccc2)c(O)c1. The molecule has 3 aromatic rings. The van der Waals surface area contributed by atoms with Gasteiger partial charge in [-0.3, -0.25) is 0 Å². The van der Waals surface area contributed by atoms with Crippen LogP contribution in [0.1, 0.15) is 30.0 Å². The van der Waals surface area contributed by atoms with Gasteiger partial charge in [0, 0.05) is 24.4 Å². The standard InChI is InChI=1S/C26H27FN2O2S/c1-28-23(10-6-7-18-11-13-19(27)14-12-18)25(22-16-15-21(31-2)17-24(22)30)29(26(28)32)20-8-4-3-5-9-20/h3-5,8-9,11-17,23,25,30H,6-7,10H2,1-2H3/t23-,25+/m0/s1. The van der Waals surface area contributed by atoms with Crippen LogP contribution < -0.4 is 9.64 Å². The smallest absolute Gasteiger partial charge is 0.176 e. The average molecular weight is 451 g/mol. The van der Waals surface area contributed by atoms with Crippen molar-refractivity contribution in [2.24, 2.45) is 0 Å². The zero-order chi connectivity index (χ0) is 22.7. The molecule has 1 fully saturated rings. The zero-order valence-electron chi connectivity index (χ0n) is 18.2. The highest BCUT2D eigenvalue weighted by Gasteiger charge is 2.43. The second-order valence-corrected chi connectivity index (χ2v) is 8.42. The van der Waals surface area contributed by atoms with Crippen LogP contribution in [0.5, 0.6) is 11.5 Å². The first-order valence-electron chi connectivity index (χ1n) is 10.7. The first-order valence-corrected chi connectivity index (χ1v) is 11.1. The predicted molar refractivity (Wildman–Crippen MR) is 130 cm³/mol. The van der Waals surface area contributed by atoms with E-state index in [1.165, 1.54) is 12.1 Å². The number of phenols is 1. The van der Waals surface area contributed by atoms with Crippen LogP contribution in [0.15, 0.2) is 72.8 Å². The third-order valence-electron chi connectivity index (χ3n) is 6.12. The molecule has 1 heterocycles. The molecule has 166 valence electrons. The minimum Gasteiger partial charge on any atom is -0.507 e. The van der Waals surface area contributed by atoms with Crippen LogP contribution >= 0.6 is 12.2 Å². The van der Waals surface area contributed by atoms with Gasteiger partial charge < -0.3 is 19.6 Å².